The third-order valence-corrected chi connectivity index (χ3v) is 5.02. The maximum atomic E-state index is 6.14. The van der Waals surface area contributed by atoms with Crippen molar-refractivity contribution in [2.75, 3.05) is 19.6 Å². The van der Waals surface area contributed by atoms with Gasteiger partial charge in [0.2, 0.25) is 0 Å². The molecule has 2 atom stereocenters. The molecule has 2 unspecified atom stereocenters. The minimum atomic E-state index is 0.275. The summed E-state index contributed by atoms with van der Waals surface area (Å²) in [4.78, 5) is 2.55. The molecule has 0 amide bonds. The van der Waals surface area contributed by atoms with Crippen molar-refractivity contribution in [3.05, 3.63) is 35.6 Å². The molecule has 114 valence electrons. The number of nitrogens with two attached hydrogens (primary N) is 1. The van der Waals surface area contributed by atoms with E-state index >= 15 is 0 Å². The van der Waals surface area contributed by atoms with Crippen LogP contribution in [0.3, 0.4) is 0 Å². The van der Waals surface area contributed by atoms with Gasteiger partial charge < -0.3 is 10.2 Å². The fourth-order valence-corrected chi connectivity index (χ4v) is 3.69. The number of para-hydroxylation sites is 1. The fraction of sp³-hybridized carbons (Fsp3) is 0.556. The first-order chi connectivity index (χ1) is 10.1. The number of nitrogens with zero attached hydrogens (tertiary/aromatic N) is 1. The Kier molecular flexibility index (Phi) is 4.05. The predicted molar refractivity (Wildman–Crippen MR) is 87.3 cm³/mol. The molecule has 1 aliphatic heterocycles. The molecule has 1 aromatic carbocycles. The molecule has 3 heteroatoms. The Labute approximate surface area is 127 Å². The van der Waals surface area contributed by atoms with Crippen LogP contribution in [-0.4, -0.2) is 24.5 Å². The normalized spacial score (nSPS) is 21.5. The molecule has 1 aromatic heterocycles. The lowest BCUT2D eigenvalue weighted by Gasteiger charge is -2.27. The van der Waals surface area contributed by atoms with E-state index in [2.05, 4.69) is 37.8 Å². The van der Waals surface area contributed by atoms with Gasteiger partial charge >= 0.3 is 0 Å². The van der Waals surface area contributed by atoms with Crippen LogP contribution in [0.4, 0.5) is 0 Å². The number of fused-ring (bicyclic) bond motifs is 1. The zero-order chi connectivity index (χ0) is 15.0. The molecule has 1 aliphatic rings. The largest absolute Gasteiger partial charge is 0.461 e. The quantitative estimate of drug-likeness (QED) is 0.931. The molecule has 21 heavy (non-hydrogen) atoms. The maximum absolute atomic E-state index is 6.14. The number of benzene rings is 1. The van der Waals surface area contributed by atoms with Crippen LogP contribution >= 0.6 is 0 Å². The summed E-state index contributed by atoms with van der Waals surface area (Å²) in [7, 11) is 0. The molecule has 0 spiro atoms. The molecule has 1 saturated heterocycles. The van der Waals surface area contributed by atoms with Crippen LogP contribution in [0.1, 0.15) is 37.6 Å². The van der Waals surface area contributed by atoms with Crippen LogP contribution in [-0.2, 0) is 0 Å². The van der Waals surface area contributed by atoms with Crippen molar-refractivity contribution in [1.29, 1.82) is 0 Å². The Hall–Kier alpha value is -1.32. The zero-order valence-corrected chi connectivity index (χ0v) is 13.3. The maximum Gasteiger partial charge on any atom is 0.134 e. The van der Waals surface area contributed by atoms with Gasteiger partial charge in [-0.15, -0.1) is 0 Å². The van der Waals surface area contributed by atoms with Crippen molar-refractivity contribution in [3.8, 4) is 0 Å². The number of likely N-dealkylation sites (tertiary alicyclic amines) is 1. The number of rotatable bonds is 4. The van der Waals surface area contributed by atoms with Gasteiger partial charge in [0.05, 0.1) is 6.04 Å². The van der Waals surface area contributed by atoms with Gasteiger partial charge in [-0.05, 0) is 37.8 Å². The standard InChI is InChI=1S/C18H26N2O/c1-12(2)14-8-9-20(11-14)16(10-19)18-13(3)21-17-7-5-4-6-15(17)18/h4-7,12,14,16H,8-11,19H2,1-3H3. The minimum Gasteiger partial charge on any atom is -0.461 e. The summed E-state index contributed by atoms with van der Waals surface area (Å²) in [5.74, 6) is 2.55. The van der Waals surface area contributed by atoms with Gasteiger partial charge in [0.1, 0.15) is 11.3 Å². The lowest BCUT2D eigenvalue weighted by atomic mass is 9.95. The number of hydrogen-bond donors (Lipinski definition) is 1. The van der Waals surface area contributed by atoms with Crippen molar-refractivity contribution < 1.29 is 4.42 Å². The van der Waals surface area contributed by atoms with Crippen LogP contribution in [0.5, 0.6) is 0 Å². The number of aryl methyl sites for hydroxylation is 1. The third kappa shape index (κ3) is 2.60. The van der Waals surface area contributed by atoms with Gasteiger partial charge in [-0.2, -0.15) is 0 Å². The summed E-state index contributed by atoms with van der Waals surface area (Å²) in [5.41, 5.74) is 8.41. The van der Waals surface area contributed by atoms with Crippen molar-refractivity contribution in [1.82, 2.24) is 4.90 Å². The molecule has 3 rings (SSSR count). The summed E-state index contributed by atoms with van der Waals surface area (Å²) in [5, 5.41) is 1.22. The van der Waals surface area contributed by atoms with Gasteiger partial charge in [0.25, 0.3) is 0 Å². The second kappa shape index (κ2) is 5.82. The SMILES string of the molecule is Cc1oc2ccccc2c1C(CN)N1CCC(C(C)C)C1. The van der Waals surface area contributed by atoms with E-state index in [0.717, 1.165) is 36.3 Å². The van der Waals surface area contributed by atoms with Crippen molar-refractivity contribution in [2.45, 2.75) is 33.2 Å². The molecule has 2 heterocycles. The van der Waals surface area contributed by atoms with Crippen LogP contribution in [0.25, 0.3) is 11.0 Å². The van der Waals surface area contributed by atoms with E-state index in [1.165, 1.54) is 17.4 Å². The summed E-state index contributed by atoms with van der Waals surface area (Å²) in [6.45, 7) is 9.65. The van der Waals surface area contributed by atoms with Crippen molar-refractivity contribution >= 4 is 11.0 Å². The molecule has 1 fully saturated rings. The first-order valence-electron chi connectivity index (χ1n) is 8.04. The smallest absolute Gasteiger partial charge is 0.134 e. The minimum absolute atomic E-state index is 0.275. The highest BCUT2D eigenvalue weighted by Crippen LogP contribution is 2.36. The van der Waals surface area contributed by atoms with E-state index in [1.54, 1.807) is 0 Å². The monoisotopic (exact) mass is 286 g/mol. The van der Waals surface area contributed by atoms with E-state index in [0.29, 0.717) is 6.54 Å². The molecule has 0 radical (unpaired) electrons. The van der Waals surface area contributed by atoms with Gasteiger partial charge in [-0.3, -0.25) is 4.90 Å². The molecular formula is C18H26N2O. The van der Waals surface area contributed by atoms with E-state index in [9.17, 15) is 0 Å². The summed E-state index contributed by atoms with van der Waals surface area (Å²) < 4.78 is 5.93. The third-order valence-electron chi connectivity index (χ3n) is 5.02. The van der Waals surface area contributed by atoms with E-state index < -0.39 is 0 Å². The van der Waals surface area contributed by atoms with Gasteiger partial charge in [-0.1, -0.05) is 32.0 Å². The molecule has 3 nitrogen and oxygen atoms in total. The molecule has 2 aromatic rings. The number of furan rings is 1. The topological polar surface area (TPSA) is 42.4 Å². The van der Waals surface area contributed by atoms with Crippen molar-refractivity contribution in [3.63, 3.8) is 0 Å². The highest BCUT2D eigenvalue weighted by molar-refractivity contribution is 5.82. The van der Waals surface area contributed by atoms with Gasteiger partial charge in [-0.25, -0.2) is 0 Å². The lowest BCUT2D eigenvalue weighted by molar-refractivity contribution is 0.231. The molecule has 0 bridgehead atoms. The average Bonchev–Trinajstić information content (AvgIpc) is 3.06. The molecule has 0 aliphatic carbocycles. The molecule has 2 N–H and O–H groups in total. The Balaban J connectivity index is 1.94. The Bertz CT molecular complexity index is 617. The highest BCUT2D eigenvalue weighted by Gasteiger charge is 2.32. The van der Waals surface area contributed by atoms with E-state index in [1.807, 2.05) is 12.1 Å². The first-order valence-corrected chi connectivity index (χ1v) is 8.04. The van der Waals surface area contributed by atoms with Crippen LogP contribution in [0, 0.1) is 18.8 Å². The van der Waals surface area contributed by atoms with Crippen LogP contribution in [0.15, 0.2) is 28.7 Å². The van der Waals surface area contributed by atoms with E-state index in [4.69, 9.17) is 10.2 Å². The summed E-state index contributed by atoms with van der Waals surface area (Å²) in [6, 6.07) is 8.57. The molecular weight excluding hydrogens is 260 g/mol. The summed E-state index contributed by atoms with van der Waals surface area (Å²) in [6.07, 6.45) is 1.28. The average molecular weight is 286 g/mol. The van der Waals surface area contributed by atoms with Crippen LogP contribution in [0.2, 0.25) is 0 Å². The van der Waals surface area contributed by atoms with Crippen LogP contribution < -0.4 is 5.73 Å². The number of hydrogen-bond acceptors (Lipinski definition) is 3. The second-order valence-corrected chi connectivity index (χ2v) is 6.61. The zero-order valence-electron chi connectivity index (χ0n) is 13.3. The summed E-state index contributed by atoms with van der Waals surface area (Å²) >= 11 is 0. The van der Waals surface area contributed by atoms with Crippen molar-refractivity contribution in [2.24, 2.45) is 17.6 Å². The second-order valence-electron chi connectivity index (χ2n) is 6.61. The lowest BCUT2D eigenvalue weighted by Crippen LogP contribution is -2.32. The first kappa shape index (κ1) is 14.6. The Morgan fingerprint density at radius 2 is 2.10 bits per heavy atom. The van der Waals surface area contributed by atoms with E-state index in [-0.39, 0.29) is 6.04 Å². The highest BCUT2D eigenvalue weighted by atomic mass is 16.3. The Morgan fingerprint density at radius 1 is 1.33 bits per heavy atom. The fourth-order valence-electron chi connectivity index (χ4n) is 3.69. The van der Waals surface area contributed by atoms with Gasteiger partial charge in [0, 0.05) is 24.0 Å². The Morgan fingerprint density at radius 3 is 2.76 bits per heavy atom. The predicted octanol–water partition coefficient (Wildman–Crippen LogP) is 3.72. The van der Waals surface area contributed by atoms with Gasteiger partial charge in [0.15, 0.2) is 0 Å². The molecule has 0 saturated carbocycles.